The second-order valence-corrected chi connectivity index (χ2v) is 6.29. The number of carbonyl (C=O) groups excluding carboxylic acids is 1. The molecule has 122 valence electrons. The molecule has 1 unspecified atom stereocenters. The summed E-state index contributed by atoms with van der Waals surface area (Å²) in [6.07, 6.45) is 1.18. The lowest BCUT2D eigenvalue weighted by atomic mass is 9.87. The summed E-state index contributed by atoms with van der Waals surface area (Å²) >= 11 is 0. The molecule has 2 heterocycles. The number of rotatable bonds is 3. The summed E-state index contributed by atoms with van der Waals surface area (Å²) in [6, 6.07) is 9.76. The van der Waals surface area contributed by atoms with Crippen LogP contribution in [0.1, 0.15) is 46.3 Å². The van der Waals surface area contributed by atoms with Crippen LogP contribution in [0.4, 0.5) is 0 Å². The normalized spacial score (nSPS) is 17.3. The third-order valence-electron chi connectivity index (χ3n) is 4.76. The van der Waals surface area contributed by atoms with E-state index in [4.69, 9.17) is 0 Å². The average molecular weight is 313 g/mol. The highest BCUT2D eigenvalue weighted by Gasteiger charge is 2.30. The molecule has 5 heteroatoms. The van der Waals surface area contributed by atoms with E-state index in [1.807, 2.05) is 49.1 Å². The van der Waals surface area contributed by atoms with Crippen molar-refractivity contribution < 1.29 is 9.90 Å². The molecule has 5 nitrogen and oxygen atoms in total. The third kappa shape index (κ3) is 3.15. The number of hydrogen-bond acceptors (Lipinski definition) is 3. The van der Waals surface area contributed by atoms with Crippen LogP contribution in [0.25, 0.3) is 0 Å². The Labute approximate surface area is 136 Å². The van der Waals surface area contributed by atoms with Crippen LogP contribution in [-0.4, -0.2) is 39.2 Å². The van der Waals surface area contributed by atoms with E-state index in [0.29, 0.717) is 18.7 Å². The fourth-order valence-electron chi connectivity index (χ4n) is 3.36. The summed E-state index contributed by atoms with van der Waals surface area (Å²) in [5, 5.41) is 17.5. The van der Waals surface area contributed by atoms with E-state index in [1.54, 1.807) is 0 Å². The van der Waals surface area contributed by atoms with Crippen LogP contribution >= 0.6 is 0 Å². The lowest BCUT2D eigenvalue weighted by molar-refractivity contribution is 0.0461. The van der Waals surface area contributed by atoms with Crippen LogP contribution in [0.2, 0.25) is 0 Å². The zero-order chi connectivity index (χ0) is 16.4. The van der Waals surface area contributed by atoms with Gasteiger partial charge in [0.1, 0.15) is 0 Å². The van der Waals surface area contributed by atoms with Gasteiger partial charge in [-0.15, -0.1) is 0 Å². The van der Waals surface area contributed by atoms with Gasteiger partial charge >= 0.3 is 0 Å². The summed E-state index contributed by atoms with van der Waals surface area (Å²) < 4.78 is 0. The van der Waals surface area contributed by atoms with Gasteiger partial charge in [-0.2, -0.15) is 5.10 Å². The highest BCUT2D eigenvalue weighted by molar-refractivity contribution is 5.96. The number of amides is 1. The van der Waals surface area contributed by atoms with E-state index >= 15 is 0 Å². The summed E-state index contributed by atoms with van der Waals surface area (Å²) in [7, 11) is 0. The third-order valence-corrected chi connectivity index (χ3v) is 4.76. The second-order valence-electron chi connectivity index (χ2n) is 6.29. The fourth-order valence-corrected chi connectivity index (χ4v) is 3.36. The predicted octanol–water partition coefficient (Wildman–Crippen LogP) is 2.61. The van der Waals surface area contributed by atoms with Crippen molar-refractivity contribution in [2.45, 2.75) is 32.8 Å². The molecule has 2 aromatic rings. The maximum Gasteiger partial charge on any atom is 0.257 e. The Morgan fingerprint density at radius 3 is 2.48 bits per heavy atom. The molecular weight excluding hydrogens is 290 g/mol. The molecule has 1 atom stereocenters. The minimum Gasteiger partial charge on any atom is -0.388 e. The summed E-state index contributed by atoms with van der Waals surface area (Å²) in [5.74, 6) is 0.245. The van der Waals surface area contributed by atoms with Gasteiger partial charge in [-0.05, 0) is 38.2 Å². The Balaban J connectivity index is 1.64. The van der Waals surface area contributed by atoms with Crippen molar-refractivity contribution in [2.75, 3.05) is 13.1 Å². The number of nitrogens with one attached hydrogen (secondary N) is 1. The molecule has 0 spiro atoms. The first-order valence-corrected chi connectivity index (χ1v) is 8.11. The number of aliphatic hydroxyl groups excluding tert-OH is 1. The highest BCUT2D eigenvalue weighted by atomic mass is 16.3. The molecule has 1 aromatic heterocycles. The number of carbonyl (C=O) groups is 1. The van der Waals surface area contributed by atoms with E-state index in [-0.39, 0.29) is 11.8 Å². The molecule has 0 bridgehead atoms. The van der Waals surface area contributed by atoms with Gasteiger partial charge in [0.25, 0.3) is 5.91 Å². The Hall–Kier alpha value is -2.14. The number of H-pyrrole nitrogens is 1. The molecule has 1 aliphatic rings. The number of nitrogens with zero attached hydrogens (tertiary/aromatic N) is 2. The van der Waals surface area contributed by atoms with Crippen LogP contribution < -0.4 is 0 Å². The van der Waals surface area contributed by atoms with Gasteiger partial charge in [0.2, 0.25) is 0 Å². The molecule has 0 saturated carbocycles. The summed E-state index contributed by atoms with van der Waals surface area (Å²) in [6.45, 7) is 5.08. The van der Waals surface area contributed by atoms with Crippen molar-refractivity contribution in [1.29, 1.82) is 0 Å². The Morgan fingerprint density at radius 1 is 1.26 bits per heavy atom. The van der Waals surface area contributed by atoms with Gasteiger partial charge in [0, 0.05) is 18.8 Å². The Morgan fingerprint density at radius 2 is 1.91 bits per heavy atom. The molecule has 1 amide bonds. The molecule has 3 rings (SSSR count). The first-order valence-electron chi connectivity index (χ1n) is 8.11. The Bertz CT molecular complexity index is 653. The molecule has 0 radical (unpaired) electrons. The lowest BCUT2D eigenvalue weighted by Gasteiger charge is -2.34. The molecular formula is C18H23N3O2. The number of aryl methyl sites for hydroxylation is 2. The van der Waals surface area contributed by atoms with E-state index in [9.17, 15) is 9.90 Å². The van der Waals surface area contributed by atoms with Gasteiger partial charge in [0.05, 0.1) is 17.4 Å². The topological polar surface area (TPSA) is 69.2 Å². The van der Waals surface area contributed by atoms with E-state index in [1.165, 1.54) is 0 Å². The molecule has 1 aromatic carbocycles. The second kappa shape index (κ2) is 6.54. The highest BCUT2D eigenvalue weighted by Crippen LogP contribution is 2.31. The number of benzene rings is 1. The number of aromatic nitrogens is 2. The first kappa shape index (κ1) is 15.7. The number of piperidine rings is 1. The van der Waals surface area contributed by atoms with Crippen LogP contribution in [0.5, 0.6) is 0 Å². The van der Waals surface area contributed by atoms with E-state index in [2.05, 4.69) is 10.2 Å². The monoisotopic (exact) mass is 313 g/mol. The molecule has 1 fully saturated rings. The van der Waals surface area contributed by atoms with Gasteiger partial charge in [-0.25, -0.2) is 0 Å². The SMILES string of the molecule is Cc1n[nH]c(C)c1C(=O)N1CCC(C(O)c2ccccc2)CC1. The first-order chi connectivity index (χ1) is 11.1. The van der Waals surface area contributed by atoms with Gasteiger partial charge in [0.15, 0.2) is 0 Å². The van der Waals surface area contributed by atoms with Crippen LogP contribution in [0.3, 0.4) is 0 Å². The zero-order valence-electron chi connectivity index (χ0n) is 13.6. The standard InChI is InChI=1S/C18H23N3O2/c1-12-16(13(2)20-19-12)18(23)21-10-8-15(9-11-21)17(22)14-6-4-3-5-7-14/h3-7,15,17,22H,8-11H2,1-2H3,(H,19,20). The fraction of sp³-hybridized carbons (Fsp3) is 0.444. The summed E-state index contributed by atoms with van der Waals surface area (Å²) in [5.41, 5.74) is 3.21. The number of likely N-dealkylation sites (tertiary alicyclic amines) is 1. The smallest absolute Gasteiger partial charge is 0.257 e. The van der Waals surface area contributed by atoms with Crippen molar-refractivity contribution in [3.63, 3.8) is 0 Å². The van der Waals surface area contributed by atoms with E-state index in [0.717, 1.165) is 29.8 Å². The molecule has 2 N–H and O–H groups in total. The summed E-state index contributed by atoms with van der Waals surface area (Å²) in [4.78, 5) is 14.5. The van der Waals surface area contributed by atoms with E-state index < -0.39 is 6.10 Å². The number of aliphatic hydroxyl groups is 1. The van der Waals surface area contributed by atoms with Crippen molar-refractivity contribution in [2.24, 2.45) is 5.92 Å². The van der Waals surface area contributed by atoms with Crippen LogP contribution in [-0.2, 0) is 0 Å². The van der Waals surface area contributed by atoms with Crippen molar-refractivity contribution >= 4 is 5.91 Å². The maximum atomic E-state index is 12.7. The van der Waals surface area contributed by atoms with Gasteiger partial charge in [-0.3, -0.25) is 9.89 Å². The Kier molecular flexibility index (Phi) is 4.48. The molecule has 23 heavy (non-hydrogen) atoms. The quantitative estimate of drug-likeness (QED) is 0.915. The lowest BCUT2D eigenvalue weighted by Crippen LogP contribution is -2.40. The largest absolute Gasteiger partial charge is 0.388 e. The van der Waals surface area contributed by atoms with Gasteiger partial charge < -0.3 is 10.0 Å². The minimum atomic E-state index is -0.453. The average Bonchev–Trinajstić information content (AvgIpc) is 2.93. The zero-order valence-corrected chi connectivity index (χ0v) is 13.6. The number of aromatic amines is 1. The van der Waals surface area contributed by atoms with Crippen LogP contribution in [0.15, 0.2) is 30.3 Å². The van der Waals surface area contributed by atoms with Crippen molar-refractivity contribution in [3.8, 4) is 0 Å². The van der Waals surface area contributed by atoms with Crippen molar-refractivity contribution in [3.05, 3.63) is 52.8 Å². The minimum absolute atomic E-state index is 0.0430. The molecule has 1 aliphatic heterocycles. The molecule has 0 aliphatic carbocycles. The maximum absolute atomic E-state index is 12.7. The molecule has 1 saturated heterocycles. The van der Waals surface area contributed by atoms with Gasteiger partial charge in [-0.1, -0.05) is 30.3 Å². The van der Waals surface area contributed by atoms with Crippen molar-refractivity contribution in [1.82, 2.24) is 15.1 Å². The van der Waals surface area contributed by atoms with Crippen LogP contribution in [0, 0.1) is 19.8 Å². The number of hydrogen-bond donors (Lipinski definition) is 2. The predicted molar refractivity (Wildman–Crippen MR) is 88.1 cm³/mol.